The summed E-state index contributed by atoms with van der Waals surface area (Å²) in [5.41, 5.74) is 6.21. The highest BCUT2D eigenvalue weighted by Crippen LogP contribution is 2.31. The smallest absolute Gasteiger partial charge is 0.134 e. The Hall–Kier alpha value is -0.900. The van der Waals surface area contributed by atoms with E-state index in [2.05, 4.69) is 28.6 Å². The summed E-state index contributed by atoms with van der Waals surface area (Å²) < 4.78 is 2.14. The van der Waals surface area contributed by atoms with E-state index in [1.807, 2.05) is 6.33 Å². The molecule has 0 unspecified atom stereocenters. The number of nitrogens with two attached hydrogens (primary N) is 1. The van der Waals surface area contributed by atoms with Gasteiger partial charge < -0.3 is 10.3 Å². The van der Waals surface area contributed by atoms with Crippen molar-refractivity contribution in [3.63, 3.8) is 0 Å². The molecule has 0 aromatic carbocycles. The minimum atomic E-state index is 0.00175. The van der Waals surface area contributed by atoms with Crippen LogP contribution in [0, 0.1) is 5.92 Å². The second kappa shape index (κ2) is 3.93. The van der Waals surface area contributed by atoms with Gasteiger partial charge >= 0.3 is 0 Å². The fourth-order valence-corrected chi connectivity index (χ4v) is 2.08. The first-order valence-electron chi connectivity index (χ1n) is 5.75. The van der Waals surface area contributed by atoms with E-state index >= 15 is 0 Å². The maximum atomic E-state index is 6.21. The van der Waals surface area contributed by atoms with Gasteiger partial charge in [-0.05, 0) is 25.2 Å². The van der Waals surface area contributed by atoms with Gasteiger partial charge in [0.1, 0.15) is 12.2 Å². The van der Waals surface area contributed by atoms with E-state index < -0.39 is 0 Å². The Labute approximate surface area is 90.9 Å². The molecule has 1 fully saturated rings. The summed E-state index contributed by atoms with van der Waals surface area (Å²) in [5.74, 6) is 1.67. The lowest BCUT2D eigenvalue weighted by Gasteiger charge is -2.37. The van der Waals surface area contributed by atoms with E-state index in [0.717, 1.165) is 31.6 Å². The summed E-state index contributed by atoms with van der Waals surface area (Å²) in [4.78, 5) is 0. The van der Waals surface area contributed by atoms with Gasteiger partial charge in [0.25, 0.3) is 0 Å². The maximum Gasteiger partial charge on any atom is 0.134 e. The normalized spacial score (nSPS) is 19.2. The molecule has 0 bridgehead atoms. The molecule has 15 heavy (non-hydrogen) atoms. The van der Waals surface area contributed by atoms with Gasteiger partial charge in [0.15, 0.2) is 0 Å². The second-order valence-corrected chi connectivity index (χ2v) is 5.19. The standard InChI is InChI=1S/C11H20N4/c1-9(2)7-15-8-13-14-10(15)6-11(12)4-3-5-11/h8-9H,3-7,12H2,1-2H3. The molecule has 0 spiro atoms. The molecule has 0 saturated heterocycles. The van der Waals surface area contributed by atoms with Crippen molar-refractivity contribution < 1.29 is 0 Å². The molecule has 1 aliphatic rings. The van der Waals surface area contributed by atoms with Gasteiger partial charge in [-0.25, -0.2) is 0 Å². The van der Waals surface area contributed by atoms with Crippen LogP contribution >= 0.6 is 0 Å². The summed E-state index contributed by atoms with van der Waals surface area (Å²) >= 11 is 0. The molecule has 2 N–H and O–H groups in total. The molecule has 0 aliphatic heterocycles. The zero-order valence-corrected chi connectivity index (χ0v) is 9.61. The Morgan fingerprint density at radius 1 is 1.53 bits per heavy atom. The lowest BCUT2D eigenvalue weighted by Crippen LogP contribution is -2.49. The summed E-state index contributed by atoms with van der Waals surface area (Å²) in [6.07, 6.45) is 6.20. The highest BCUT2D eigenvalue weighted by molar-refractivity contribution is 5.02. The van der Waals surface area contributed by atoms with Crippen LogP contribution in [-0.2, 0) is 13.0 Å². The molecule has 4 nitrogen and oxygen atoms in total. The van der Waals surface area contributed by atoms with Crippen molar-refractivity contribution >= 4 is 0 Å². The first-order chi connectivity index (χ1) is 7.09. The van der Waals surface area contributed by atoms with Crippen molar-refractivity contribution in [2.24, 2.45) is 11.7 Å². The van der Waals surface area contributed by atoms with Gasteiger partial charge in [-0.15, -0.1) is 10.2 Å². The first-order valence-corrected chi connectivity index (χ1v) is 5.75. The predicted molar refractivity (Wildman–Crippen MR) is 59.3 cm³/mol. The fraction of sp³-hybridized carbons (Fsp3) is 0.818. The van der Waals surface area contributed by atoms with Crippen molar-refractivity contribution in [3.8, 4) is 0 Å². The van der Waals surface area contributed by atoms with Gasteiger partial charge in [-0.2, -0.15) is 0 Å². The Bertz CT molecular complexity index is 325. The fourth-order valence-electron chi connectivity index (χ4n) is 2.08. The number of hydrogen-bond acceptors (Lipinski definition) is 3. The van der Waals surface area contributed by atoms with Gasteiger partial charge in [0.05, 0.1) is 0 Å². The van der Waals surface area contributed by atoms with Crippen molar-refractivity contribution in [1.82, 2.24) is 14.8 Å². The maximum absolute atomic E-state index is 6.21. The molecule has 84 valence electrons. The van der Waals surface area contributed by atoms with E-state index in [9.17, 15) is 0 Å². The van der Waals surface area contributed by atoms with Gasteiger partial charge in [0.2, 0.25) is 0 Å². The van der Waals surface area contributed by atoms with Crippen LogP contribution in [0.4, 0.5) is 0 Å². The minimum absolute atomic E-state index is 0.00175. The average Bonchev–Trinajstić information content (AvgIpc) is 2.49. The van der Waals surface area contributed by atoms with Crippen molar-refractivity contribution in [3.05, 3.63) is 12.2 Å². The van der Waals surface area contributed by atoms with Crippen LogP contribution < -0.4 is 5.73 Å². The number of hydrogen-bond donors (Lipinski definition) is 1. The highest BCUT2D eigenvalue weighted by atomic mass is 15.3. The Morgan fingerprint density at radius 3 is 2.80 bits per heavy atom. The van der Waals surface area contributed by atoms with E-state index in [1.165, 1.54) is 6.42 Å². The quantitative estimate of drug-likeness (QED) is 0.812. The summed E-state index contributed by atoms with van der Waals surface area (Å²) in [5, 5.41) is 8.14. The second-order valence-electron chi connectivity index (χ2n) is 5.19. The highest BCUT2D eigenvalue weighted by Gasteiger charge is 2.34. The molecular formula is C11H20N4. The van der Waals surface area contributed by atoms with Gasteiger partial charge in [0, 0.05) is 18.5 Å². The molecule has 0 atom stereocenters. The van der Waals surface area contributed by atoms with Crippen LogP contribution in [0.2, 0.25) is 0 Å². The summed E-state index contributed by atoms with van der Waals surface area (Å²) in [7, 11) is 0. The lowest BCUT2D eigenvalue weighted by atomic mass is 9.75. The van der Waals surface area contributed by atoms with Crippen LogP contribution in [0.25, 0.3) is 0 Å². The molecule has 1 heterocycles. The van der Waals surface area contributed by atoms with E-state index in [-0.39, 0.29) is 5.54 Å². The van der Waals surface area contributed by atoms with E-state index in [0.29, 0.717) is 5.92 Å². The summed E-state index contributed by atoms with van der Waals surface area (Å²) in [6, 6.07) is 0. The van der Waals surface area contributed by atoms with Gasteiger partial charge in [-0.1, -0.05) is 13.8 Å². The Kier molecular flexibility index (Phi) is 2.78. The predicted octanol–water partition coefficient (Wildman–Crippen LogP) is 1.36. The van der Waals surface area contributed by atoms with Crippen LogP contribution in [0.1, 0.15) is 38.9 Å². The van der Waals surface area contributed by atoms with Crippen LogP contribution in [0.5, 0.6) is 0 Å². The average molecular weight is 208 g/mol. The Morgan fingerprint density at radius 2 is 2.27 bits per heavy atom. The monoisotopic (exact) mass is 208 g/mol. The molecule has 1 aliphatic carbocycles. The molecule has 1 saturated carbocycles. The van der Waals surface area contributed by atoms with Crippen molar-refractivity contribution in [1.29, 1.82) is 0 Å². The van der Waals surface area contributed by atoms with Crippen molar-refractivity contribution in [2.45, 2.75) is 51.6 Å². The molecule has 1 aromatic rings. The molecule has 1 aromatic heterocycles. The molecule has 4 heteroatoms. The van der Waals surface area contributed by atoms with Crippen LogP contribution in [0.15, 0.2) is 6.33 Å². The SMILES string of the molecule is CC(C)Cn1cnnc1CC1(N)CCC1. The number of rotatable bonds is 4. The third-order valence-corrected chi connectivity index (χ3v) is 3.12. The van der Waals surface area contributed by atoms with E-state index in [4.69, 9.17) is 5.73 Å². The van der Waals surface area contributed by atoms with Crippen LogP contribution in [0.3, 0.4) is 0 Å². The van der Waals surface area contributed by atoms with E-state index in [1.54, 1.807) is 0 Å². The van der Waals surface area contributed by atoms with Crippen molar-refractivity contribution in [2.75, 3.05) is 0 Å². The lowest BCUT2D eigenvalue weighted by molar-refractivity contribution is 0.240. The summed E-state index contributed by atoms with van der Waals surface area (Å²) in [6.45, 7) is 5.38. The number of aromatic nitrogens is 3. The molecule has 0 amide bonds. The molecule has 2 rings (SSSR count). The zero-order valence-electron chi connectivity index (χ0n) is 9.61. The van der Waals surface area contributed by atoms with Crippen LogP contribution in [-0.4, -0.2) is 20.3 Å². The first kappa shape index (κ1) is 10.6. The largest absolute Gasteiger partial charge is 0.325 e. The zero-order chi connectivity index (χ0) is 10.9. The number of nitrogens with zero attached hydrogens (tertiary/aromatic N) is 3. The minimum Gasteiger partial charge on any atom is -0.325 e. The topological polar surface area (TPSA) is 56.7 Å². The Balaban J connectivity index is 2.04. The third-order valence-electron chi connectivity index (χ3n) is 3.12. The third kappa shape index (κ3) is 2.37. The van der Waals surface area contributed by atoms with Gasteiger partial charge in [-0.3, -0.25) is 0 Å². The molecular weight excluding hydrogens is 188 g/mol. The molecule has 0 radical (unpaired) electrons.